The first kappa shape index (κ1) is 4.37. The van der Waals surface area contributed by atoms with E-state index in [9.17, 15) is 4.79 Å². The number of ketones is 1. The van der Waals surface area contributed by atoms with Crippen molar-refractivity contribution >= 4 is 5.78 Å². The molecule has 0 rings (SSSR count). The van der Waals surface area contributed by atoms with Gasteiger partial charge in [0.2, 0.25) is 0 Å². The molecule has 0 unspecified atom stereocenters. The van der Waals surface area contributed by atoms with Gasteiger partial charge in [-0.1, -0.05) is 0 Å². The van der Waals surface area contributed by atoms with Crippen LogP contribution >= 0.6 is 0 Å². The Morgan fingerprint density at radius 2 is 2.29 bits per heavy atom. The molecule has 0 aliphatic heterocycles. The van der Waals surface area contributed by atoms with Crippen molar-refractivity contribution in [3.63, 3.8) is 0 Å². The maximum atomic E-state index is 10.2. The molecular weight excluding hydrogens is 92.1 g/mol. The molecule has 0 bridgehead atoms. The summed E-state index contributed by atoms with van der Waals surface area (Å²) in [7, 11) is 0. The van der Waals surface area contributed by atoms with Gasteiger partial charge in [0, 0.05) is 6.05 Å². The lowest BCUT2D eigenvalue weighted by Gasteiger charge is -1.80. The second-order valence-electron chi connectivity index (χ2n) is 1.27. The highest BCUT2D eigenvalue weighted by atomic mass is 16.3. The normalized spacial score (nSPS) is 14.9. The summed E-state index contributed by atoms with van der Waals surface area (Å²) in [5, 5.41) is 8.46. The minimum Gasteiger partial charge on any atom is -0.512 e. The third kappa shape index (κ3) is 5.21. The Morgan fingerprint density at radius 3 is 2.29 bits per heavy atom. The van der Waals surface area contributed by atoms with E-state index in [4.69, 9.17) is 6.48 Å². The van der Waals surface area contributed by atoms with Crippen LogP contribution in [0, 0.1) is 0 Å². The van der Waals surface area contributed by atoms with Gasteiger partial charge in [-0.05, 0) is 13.8 Å². The molecule has 0 fully saturated rings. The van der Waals surface area contributed by atoms with Gasteiger partial charge in [-0.25, -0.2) is 0 Å². The van der Waals surface area contributed by atoms with Crippen molar-refractivity contribution in [3.8, 4) is 0 Å². The summed E-state index contributed by atoms with van der Waals surface area (Å²) >= 11 is 0. The first-order valence-electron chi connectivity index (χ1n) is 2.43. The van der Waals surface area contributed by atoms with Gasteiger partial charge < -0.3 is 5.11 Å². The van der Waals surface area contributed by atoms with Crippen LogP contribution in [0.2, 0.25) is 0 Å². The van der Waals surface area contributed by atoms with Crippen LogP contribution in [0.1, 0.15) is 15.2 Å². The molecule has 2 nitrogen and oxygen atoms in total. The average molecular weight is 101 g/mol. The standard InChI is InChI=1S/C5H8O2/c1-4(6)3-5(2)7/h3,6H,1-2H3/b4-3-/i3D. The fourth-order valence-electron chi connectivity index (χ4n) is 0.255. The SMILES string of the molecule is [2H]/C(C(C)=O)=C(\C)O. The molecule has 7 heavy (non-hydrogen) atoms. The summed E-state index contributed by atoms with van der Waals surface area (Å²) in [5.74, 6) is -0.637. The lowest BCUT2D eigenvalue weighted by Crippen LogP contribution is -1.82. The molecule has 0 saturated carbocycles. The summed E-state index contributed by atoms with van der Waals surface area (Å²) in [4.78, 5) is 10.2. The maximum absolute atomic E-state index is 10.2. The topological polar surface area (TPSA) is 37.3 Å². The first-order valence-corrected chi connectivity index (χ1v) is 1.93. The molecule has 40 valence electrons. The smallest absolute Gasteiger partial charge is 0.155 e. The summed E-state index contributed by atoms with van der Waals surface area (Å²) in [5.41, 5.74) is 0. The molecule has 0 aliphatic rings. The molecule has 0 aromatic carbocycles. The molecular formula is C5H8O2. The zero-order valence-corrected chi connectivity index (χ0v) is 4.36. The molecule has 0 aliphatic carbocycles. The van der Waals surface area contributed by atoms with E-state index in [0.29, 0.717) is 0 Å². The largest absolute Gasteiger partial charge is 0.512 e. The van der Waals surface area contributed by atoms with E-state index in [-0.39, 0.29) is 11.8 Å². The molecule has 0 spiro atoms. The first-order chi connectivity index (χ1) is 3.55. The van der Waals surface area contributed by atoms with Gasteiger partial charge in [-0.2, -0.15) is 0 Å². The van der Waals surface area contributed by atoms with Gasteiger partial charge in [0.25, 0.3) is 0 Å². The van der Waals surface area contributed by atoms with E-state index in [0.717, 1.165) is 0 Å². The quantitative estimate of drug-likeness (QED) is 0.395. The maximum Gasteiger partial charge on any atom is 0.155 e. The molecule has 0 aromatic heterocycles. The molecule has 2 heteroatoms. The predicted octanol–water partition coefficient (Wildman–Crippen LogP) is 1.04. The van der Waals surface area contributed by atoms with Crippen LogP contribution in [0.25, 0.3) is 0 Å². The predicted molar refractivity (Wildman–Crippen MR) is 27.1 cm³/mol. The zero-order chi connectivity index (χ0) is 6.73. The van der Waals surface area contributed by atoms with Crippen LogP contribution in [0.3, 0.4) is 0 Å². The summed E-state index contributed by atoms with van der Waals surface area (Å²) in [6.45, 7) is 2.55. The van der Waals surface area contributed by atoms with Crippen molar-refractivity contribution in [1.82, 2.24) is 0 Å². The van der Waals surface area contributed by atoms with Crippen LogP contribution in [0.4, 0.5) is 0 Å². The van der Waals surface area contributed by atoms with Crippen molar-refractivity contribution in [2.24, 2.45) is 0 Å². The highest BCUT2D eigenvalue weighted by Crippen LogP contribution is 1.82. The Bertz CT molecular complexity index is 133. The van der Waals surface area contributed by atoms with Crippen molar-refractivity contribution < 1.29 is 11.3 Å². The zero-order valence-electron chi connectivity index (χ0n) is 5.36. The van der Waals surface area contributed by atoms with E-state index in [2.05, 4.69) is 0 Å². The number of allylic oxidation sites excluding steroid dienone is 2. The molecule has 1 N–H and O–H groups in total. The number of carbonyl (C=O) groups excluding carboxylic acids is 1. The Balaban J connectivity index is 4.23. The van der Waals surface area contributed by atoms with Crippen LogP contribution in [0.15, 0.2) is 11.8 Å². The monoisotopic (exact) mass is 101 g/mol. The minimum absolute atomic E-state index is 0.225. The van der Waals surface area contributed by atoms with E-state index in [1.165, 1.54) is 13.8 Å². The molecule has 0 atom stereocenters. The van der Waals surface area contributed by atoms with Crippen molar-refractivity contribution in [1.29, 1.82) is 0 Å². The lowest BCUT2D eigenvalue weighted by atomic mass is 10.4. The summed E-state index contributed by atoms with van der Waals surface area (Å²) in [6.07, 6.45) is 0. The number of hydrogen-bond donors (Lipinski definition) is 1. The number of carbonyl (C=O) groups is 1. The molecule has 0 radical (unpaired) electrons. The summed E-state index contributed by atoms with van der Waals surface area (Å²) < 4.78 is 6.76. The van der Waals surface area contributed by atoms with Gasteiger partial charge in [-0.15, -0.1) is 0 Å². The highest BCUT2D eigenvalue weighted by molar-refractivity contribution is 5.87. The van der Waals surface area contributed by atoms with Gasteiger partial charge in [0.05, 0.1) is 7.13 Å². The van der Waals surface area contributed by atoms with Crippen molar-refractivity contribution in [3.05, 3.63) is 11.8 Å². The number of hydrogen-bond acceptors (Lipinski definition) is 2. The minimum atomic E-state index is -0.412. The highest BCUT2D eigenvalue weighted by Gasteiger charge is 1.82. The van der Waals surface area contributed by atoms with E-state index < -0.39 is 5.78 Å². The number of rotatable bonds is 1. The van der Waals surface area contributed by atoms with Crippen molar-refractivity contribution in [2.75, 3.05) is 0 Å². The van der Waals surface area contributed by atoms with Crippen molar-refractivity contribution in [2.45, 2.75) is 13.8 Å². The molecule has 0 heterocycles. The Kier molecular flexibility index (Phi) is 1.50. The third-order valence-electron chi connectivity index (χ3n) is 0.357. The number of aliphatic hydroxyl groups excluding tert-OH is 1. The van der Waals surface area contributed by atoms with Crippen LogP contribution < -0.4 is 0 Å². The van der Waals surface area contributed by atoms with E-state index in [1.54, 1.807) is 0 Å². The average Bonchev–Trinajstić information content (AvgIpc) is 1.64. The Labute approximate surface area is 43.9 Å². The Morgan fingerprint density at radius 1 is 1.86 bits per heavy atom. The van der Waals surface area contributed by atoms with Gasteiger partial charge >= 0.3 is 0 Å². The van der Waals surface area contributed by atoms with E-state index >= 15 is 0 Å². The second-order valence-corrected chi connectivity index (χ2v) is 1.27. The second kappa shape index (κ2) is 2.39. The van der Waals surface area contributed by atoms with Gasteiger partial charge in [0.15, 0.2) is 5.78 Å². The number of aliphatic hydroxyl groups is 1. The molecule has 0 saturated heterocycles. The van der Waals surface area contributed by atoms with Crippen LogP contribution in [-0.2, 0) is 4.79 Å². The van der Waals surface area contributed by atoms with Crippen LogP contribution in [0.5, 0.6) is 0 Å². The third-order valence-corrected chi connectivity index (χ3v) is 0.357. The fourth-order valence-corrected chi connectivity index (χ4v) is 0.255. The van der Waals surface area contributed by atoms with Crippen LogP contribution in [-0.4, -0.2) is 10.9 Å². The Hall–Kier alpha value is -0.790. The molecule has 0 aromatic rings. The van der Waals surface area contributed by atoms with E-state index in [1.807, 2.05) is 0 Å². The summed E-state index contributed by atoms with van der Waals surface area (Å²) in [6, 6.07) is -0.315. The molecule has 0 amide bonds. The fraction of sp³-hybridized carbons (Fsp3) is 0.400. The van der Waals surface area contributed by atoms with Gasteiger partial charge in [-0.3, -0.25) is 4.79 Å². The van der Waals surface area contributed by atoms with Gasteiger partial charge in [0.1, 0.15) is 0 Å². The lowest BCUT2D eigenvalue weighted by molar-refractivity contribution is -0.112.